The van der Waals surface area contributed by atoms with Gasteiger partial charge >= 0.3 is 0 Å². The van der Waals surface area contributed by atoms with Crippen molar-refractivity contribution in [1.29, 1.82) is 0 Å². The van der Waals surface area contributed by atoms with Gasteiger partial charge in [0.15, 0.2) is 0 Å². The monoisotopic (exact) mass is 399 g/mol. The molecule has 1 N–H and O–H groups in total. The van der Waals surface area contributed by atoms with Gasteiger partial charge in [-0.15, -0.1) is 23.1 Å². The second-order valence-corrected chi connectivity index (χ2v) is 8.81. The van der Waals surface area contributed by atoms with Gasteiger partial charge in [0.1, 0.15) is 0 Å². The van der Waals surface area contributed by atoms with Crippen LogP contribution in [0.5, 0.6) is 0 Å². The predicted octanol–water partition coefficient (Wildman–Crippen LogP) is 6.01. The van der Waals surface area contributed by atoms with Crippen LogP contribution >= 0.6 is 23.1 Å². The van der Waals surface area contributed by atoms with Gasteiger partial charge in [-0.25, -0.2) is 0 Å². The largest absolute Gasteiger partial charge is 0.377 e. The van der Waals surface area contributed by atoms with Crippen molar-refractivity contribution in [3.63, 3.8) is 0 Å². The summed E-state index contributed by atoms with van der Waals surface area (Å²) in [5.41, 5.74) is 1.39. The van der Waals surface area contributed by atoms with Crippen molar-refractivity contribution in [3.8, 4) is 0 Å². The van der Waals surface area contributed by atoms with Crippen LogP contribution in [-0.2, 0) is 11.2 Å². The molecule has 1 heterocycles. The molecule has 27 heavy (non-hydrogen) atoms. The number of nitrogens with one attached hydrogen (secondary N) is 1. The van der Waals surface area contributed by atoms with E-state index >= 15 is 0 Å². The van der Waals surface area contributed by atoms with E-state index in [1.807, 2.05) is 30.2 Å². The average Bonchev–Trinajstić information content (AvgIpc) is 3.14. The second-order valence-electron chi connectivity index (χ2n) is 6.85. The molecule has 0 radical (unpaired) electrons. The average molecular weight is 400 g/mol. The van der Waals surface area contributed by atoms with Gasteiger partial charge in [0, 0.05) is 22.5 Å². The number of thioether (sulfide) groups is 1. The van der Waals surface area contributed by atoms with Crippen molar-refractivity contribution in [3.05, 3.63) is 65.5 Å². The maximum atomic E-state index is 5.96. The van der Waals surface area contributed by atoms with Crippen molar-refractivity contribution in [2.45, 2.75) is 36.7 Å². The number of methoxy groups -OCH3 is 1. The Bertz CT molecular complexity index is 811. The van der Waals surface area contributed by atoms with Crippen molar-refractivity contribution >= 4 is 33.2 Å². The smallest absolute Gasteiger partial charge is 0.0781 e. The van der Waals surface area contributed by atoms with Gasteiger partial charge in [-0.1, -0.05) is 43.3 Å². The van der Waals surface area contributed by atoms with Gasteiger partial charge in [0.05, 0.1) is 5.60 Å². The lowest BCUT2D eigenvalue weighted by Crippen LogP contribution is -2.37. The van der Waals surface area contributed by atoms with Gasteiger partial charge in [-0.3, -0.25) is 0 Å². The molecule has 144 valence electrons. The number of hydrogen-bond donors (Lipinski definition) is 1. The Morgan fingerprint density at radius 1 is 1.04 bits per heavy atom. The molecule has 1 unspecified atom stereocenters. The molecule has 0 saturated heterocycles. The van der Waals surface area contributed by atoms with Gasteiger partial charge in [0.25, 0.3) is 0 Å². The first-order valence-electron chi connectivity index (χ1n) is 9.65. The Morgan fingerprint density at radius 2 is 1.81 bits per heavy atom. The quantitative estimate of drug-likeness (QED) is 0.315. The lowest BCUT2D eigenvalue weighted by Gasteiger charge is -2.31. The van der Waals surface area contributed by atoms with Crippen LogP contribution in [0.4, 0.5) is 0 Å². The third kappa shape index (κ3) is 5.58. The maximum Gasteiger partial charge on any atom is 0.0781 e. The summed E-state index contributed by atoms with van der Waals surface area (Å²) < 4.78 is 7.34. The van der Waals surface area contributed by atoms with Gasteiger partial charge in [-0.2, -0.15) is 0 Å². The van der Waals surface area contributed by atoms with Crippen LogP contribution in [0.2, 0.25) is 0 Å². The Hall–Kier alpha value is -1.33. The number of fused-ring (bicyclic) bond motifs is 1. The molecule has 0 fully saturated rings. The Kier molecular flexibility index (Phi) is 7.77. The highest BCUT2D eigenvalue weighted by molar-refractivity contribution is 7.99. The van der Waals surface area contributed by atoms with Crippen molar-refractivity contribution < 1.29 is 4.74 Å². The zero-order chi connectivity index (χ0) is 19.0. The molecule has 1 atom stereocenters. The summed E-state index contributed by atoms with van der Waals surface area (Å²) in [4.78, 5) is 1.31. The van der Waals surface area contributed by atoms with E-state index in [4.69, 9.17) is 4.74 Å². The van der Waals surface area contributed by atoms with E-state index in [0.717, 1.165) is 38.1 Å². The minimum absolute atomic E-state index is 0.0669. The first-order valence-corrected chi connectivity index (χ1v) is 11.5. The molecule has 0 saturated carbocycles. The molecule has 4 heteroatoms. The number of hydrogen-bond acceptors (Lipinski definition) is 4. The van der Waals surface area contributed by atoms with Gasteiger partial charge < -0.3 is 10.1 Å². The summed E-state index contributed by atoms with van der Waals surface area (Å²) in [5.74, 6) is 0.987. The van der Waals surface area contributed by atoms with Crippen LogP contribution in [0.25, 0.3) is 10.1 Å². The molecule has 2 nitrogen and oxygen atoms in total. The summed E-state index contributed by atoms with van der Waals surface area (Å²) in [6.07, 6.45) is 3.14. The van der Waals surface area contributed by atoms with Gasteiger partial charge in [0.2, 0.25) is 0 Å². The van der Waals surface area contributed by atoms with Crippen LogP contribution in [0.3, 0.4) is 0 Å². The first-order chi connectivity index (χ1) is 13.3. The van der Waals surface area contributed by atoms with Crippen LogP contribution in [0, 0.1) is 0 Å². The molecule has 0 aliphatic heterocycles. The number of thiophene rings is 1. The maximum absolute atomic E-state index is 5.96. The molecule has 0 spiro atoms. The molecular weight excluding hydrogens is 370 g/mol. The molecule has 0 amide bonds. The Morgan fingerprint density at radius 3 is 2.59 bits per heavy atom. The second kappa shape index (κ2) is 10.3. The van der Waals surface area contributed by atoms with Gasteiger partial charge in [-0.05, 0) is 66.9 Å². The van der Waals surface area contributed by atoms with E-state index in [1.165, 1.54) is 20.5 Å². The van der Waals surface area contributed by atoms with Crippen LogP contribution in [-0.4, -0.2) is 31.6 Å². The molecule has 0 aliphatic carbocycles. The molecule has 1 aromatic heterocycles. The molecule has 0 aliphatic rings. The highest BCUT2D eigenvalue weighted by Gasteiger charge is 2.27. The predicted molar refractivity (Wildman–Crippen MR) is 120 cm³/mol. The van der Waals surface area contributed by atoms with Crippen molar-refractivity contribution in [2.24, 2.45) is 0 Å². The van der Waals surface area contributed by atoms with Crippen LogP contribution in [0.15, 0.2) is 64.9 Å². The van der Waals surface area contributed by atoms with E-state index in [-0.39, 0.29) is 5.60 Å². The standard InChI is InChI=1S/C23H29NOS2/c1-3-23(25-2,18-27-20-9-5-4-6-10-20)14-16-24-15-13-19-17-26-22-12-8-7-11-21(19)22/h4-12,17,24H,3,13-16,18H2,1-2H3. The van der Waals surface area contributed by atoms with E-state index in [9.17, 15) is 0 Å². The zero-order valence-electron chi connectivity index (χ0n) is 16.2. The third-order valence-electron chi connectivity index (χ3n) is 5.21. The lowest BCUT2D eigenvalue weighted by atomic mass is 9.98. The summed E-state index contributed by atoms with van der Waals surface area (Å²) in [6, 6.07) is 19.3. The number of rotatable bonds is 11. The fourth-order valence-corrected chi connectivity index (χ4v) is 5.52. The molecular formula is C23H29NOS2. The summed E-state index contributed by atoms with van der Waals surface area (Å²) in [5, 5.41) is 7.33. The van der Waals surface area contributed by atoms with Crippen molar-refractivity contribution in [1.82, 2.24) is 5.32 Å². The van der Waals surface area contributed by atoms with Crippen LogP contribution < -0.4 is 5.32 Å². The summed E-state index contributed by atoms with van der Waals surface area (Å²) in [7, 11) is 1.85. The summed E-state index contributed by atoms with van der Waals surface area (Å²) in [6.45, 7) is 4.22. The fourth-order valence-electron chi connectivity index (χ4n) is 3.28. The zero-order valence-corrected chi connectivity index (χ0v) is 17.9. The number of benzene rings is 2. The van der Waals surface area contributed by atoms with E-state index in [2.05, 4.69) is 72.2 Å². The fraction of sp³-hybridized carbons (Fsp3) is 0.391. The van der Waals surface area contributed by atoms with Crippen LogP contribution in [0.1, 0.15) is 25.3 Å². The highest BCUT2D eigenvalue weighted by atomic mass is 32.2. The Balaban J connectivity index is 1.45. The summed E-state index contributed by atoms with van der Waals surface area (Å²) >= 11 is 3.73. The topological polar surface area (TPSA) is 21.3 Å². The van der Waals surface area contributed by atoms with E-state index < -0.39 is 0 Å². The minimum Gasteiger partial charge on any atom is -0.377 e. The van der Waals surface area contributed by atoms with E-state index in [0.29, 0.717) is 0 Å². The Labute approximate surface area is 171 Å². The SMILES string of the molecule is CCC(CCNCCc1csc2ccccc12)(CSc1ccccc1)OC. The number of ether oxygens (including phenoxy) is 1. The lowest BCUT2D eigenvalue weighted by molar-refractivity contribution is 0.000597. The minimum atomic E-state index is -0.0669. The molecule has 2 aromatic carbocycles. The molecule has 0 bridgehead atoms. The highest BCUT2D eigenvalue weighted by Crippen LogP contribution is 2.29. The van der Waals surface area contributed by atoms with Crippen molar-refractivity contribution in [2.75, 3.05) is 26.0 Å². The molecule has 3 aromatic rings. The molecule has 3 rings (SSSR count). The first kappa shape index (κ1) is 20.4. The third-order valence-corrected chi connectivity index (χ3v) is 7.50. The normalized spacial score (nSPS) is 13.7. The van der Waals surface area contributed by atoms with E-state index in [1.54, 1.807) is 0 Å².